The summed E-state index contributed by atoms with van der Waals surface area (Å²) in [6.07, 6.45) is 2.38. The van der Waals surface area contributed by atoms with E-state index in [9.17, 15) is 9.59 Å². The molecule has 0 aliphatic carbocycles. The first-order valence-corrected chi connectivity index (χ1v) is 10.4. The average Bonchev–Trinajstić information content (AvgIpc) is 3.01. The van der Waals surface area contributed by atoms with Crippen molar-refractivity contribution in [1.29, 1.82) is 0 Å². The third-order valence-corrected chi connectivity index (χ3v) is 5.30. The summed E-state index contributed by atoms with van der Waals surface area (Å²) < 4.78 is 16.4. The van der Waals surface area contributed by atoms with E-state index in [-0.39, 0.29) is 0 Å². The molecule has 3 amide bonds. The second-order valence-electron chi connectivity index (χ2n) is 8.09. The predicted molar refractivity (Wildman–Crippen MR) is 121 cm³/mol. The normalized spacial score (nSPS) is 18.4. The van der Waals surface area contributed by atoms with Crippen molar-refractivity contribution in [3.8, 4) is 17.2 Å². The highest BCUT2D eigenvalue weighted by Crippen LogP contribution is 2.31. The molecule has 0 aromatic heterocycles. The van der Waals surface area contributed by atoms with E-state index in [0.29, 0.717) is 40.9 Å². The lowest BCUT2D eigenvalue weighted by atomic mass is 9.92. The summed E-state index contributed by atoms with van der Waals surface area (Å²) in [6, 6.07) is 11.7. The van der Waals surface area contributed by atoms with Crippen LogP contribution in [-0.4, -0.2) is 44.0 Å². The molecule has 1 atom stereocenters. The lowest BCUT2D eigenvalue weighted by molar-refractivity contribution is -0.131. The number of carbonyl (C=O) groups excluding carboxylic acids is 2. The van der Waals surface area contributed by atoms with Crippen LogP contribution in [0.5, 0.6) is 17.2 Å². The molecule has 2 aromatic carbocycles. The maximum atomic E-state index is 13.0. The first kappa shape index (κ1) is 23.1. The van der Waals surface area contributed by atoms with E-state index >= 15 is 0 Å². The number of imide groups is 1. The van der Waals surface area contributed by atoms with Crippen LogP contribution in [0.1, 0.15) is 38.3 Å². The lowest BCUT2D eigenvalue weighted by Crippen LogP contribution is -2.40. The second-order valence-corrected chi connectivity index (χ2v) is 8.09. The van der Waals surface area contributed by atoms with Gasteiger partial charge in [-0.05, 0) is 60.7 Å². The summed E-state index contributed by atoms with van der Waals surface area (Å²) >= 11 is 0. The maximum Gasteiger partial charge on any atom is 0.346 e. The number of nitrogens with zero attached hydrogens (tertiary/aromatic N) is 2. The highest BCUT2D eigenvalue weighted by Gasteiger charge is 2.49. The van der Waals surface area contributed by atoms with E-state index < -0.39 is 17.5 Å². The molecule has 1 heterocycles. The van der Waals surface area contributed by atoms with Gasteiger partial charge >= 0.3 is 6.03 Å². The molecule has 8 nitrogen and oxygen atoms in total. The predicted octanol–water partition coefficient (Wildman–Crippen LogP) is 3.93. The number of ether oxygens (including phenoxy) is 3. The summed E-state index contributed by atoms with van der Waals surface area (Å²) in [4.78, 5) is 25.5. The van der Waals surface area contributed by atoms with E-state index in [2.05, 4.69) is 24.3 Å². The van der Waals surface area contributed by atoms with Crippen LogP contribution >= 0.6 is 0 Å². The van der Waals surface area contributed by atoms with Crippen molar-refractivity contribution in [2.24, 2.45) is 11.0 Å². The van der Waals surface area contributed by atoms with Gasteiger partial charge in [-0.15, -0.1) is 5.01 Å². The van der Waals surface area contributed by atoms with Crippen LogP contribution in [0.3, 0.4) is 0 Å². The molecular weight excluding hydrogens is 410 g/mol. The number of rotatable bonds is 9. The molecule has 3 rings (SSSR count). The fourth-order valence-electron chi connectivity index (χ4n) is 3.26. The van der Waals surface area contributed by atoms with Crippen molar-refractivity contribution in [2.75, 3.05) is 20.8 Å². The highest BCUT2D eigenvalue weighted by molar-refractivity contribution is 6.07. The number of hydrazone groups is 1. The molecule has 170 valence electrons. The molecule has 32 heavy (non-hydrogen) atoms. The number of methoxy groups -OCH3 is 2. The molecule has 1 saturated heterocycles. The Kier molecular flexibility index (Phi) is 7.02. The fraction of sp³-hybridized carbons (Fsp3) is 0.375. The van der Waals surface area contributed by atoms with Crippen LogP contribution in [-0.2, 0) is 10.3 Å². The summed E-state index contributed by atoms with van der Waals surface area (Å²) in [5.41, 5.74) is 0.0857. The van der Waals surface area contributed by atoms with Crippen LogP contribution in [0, 0.1) is 5.92 Å². The Morgan fingerprint density at radius 3 is 2.41 bits per heavy atom. The van der Waals surface area contributed by atoms with E-state index in [1.165, 1.54) is 6.21 Å². The van der Waals surface area contributed by atoms with Gasteiger partial charge in [-0.2, -0.15) is 5.10 Å². The minimum atomic E-state index is -1.22. The first-order chi connectivity index (χ1) is 15.3. The Bertz CT molecular complexity index is 1000. The molecule has 1 N–H and O–H groups in total. The van der Waals surface area contributed by atoms with Gasteiger partial charge in [0.1, 0.15) is 11.3 Å². The zero-order chi connectivity index (χ0) is 23.3. The van der Waals surface area contributed by atoms with Crippen LogP contribution in [0.25, 0.3) is 0 Å². The highest BCUT2D eigenvalue weighted by atomic mass is 16.5. The average molecular weight is 440 g/mol. The molecule has 0 spiro atoms. The van der Waals surface area contributed by atoms with Crippen LogP contribution in [0.2, 0.25) is 0 Å². The zero-order valence-electron chi connectivity index (χ0n) is 19.0. The molecular formula is C24H29N3O5. The van der Waals surface area contributed by atoms with Gasteiger partial charge in [-0.1, -0.05) is 26.0 Å². The molecule has 1 aliphatic rings. The van der Waals surface area contributed by atoms with Crippen molar-refractivity contribution in [2.45, 2.75) is 32.7 Å². The van der Waals surface area contributed by atoms with Crippen molar-refractivity contribution in [3.05, 3.63) is 53.6 Å². The molecule has 1 fully saturated rings. The minimum absolute atomic E-state index is 0.468. The standard InChI is InChI=1S/C24H29N3O5/c1-16(2)12-13-32-20-11-6-17(14-21(20)31-5)15-25-27-22(28)24(3,26-23(27)29)18-7-9-19(30-4)10-8-18/h6-11,14-16H,12-13H2,1-5H3,(H,26,29)/b25-15-/t24-/m1/s1. The van der Waals surface area contributed by atoms with Crippen LogP contribution in [0.15, 0.2) is 47.6 Å². The van der Waals surface area contributed by atoms with Gasteiger partial charge in [0, 0.05) is 0 Å². The summed E-state index contributed by atoms with van der Waals surface area (Å²) in [7, 11) is 3.12. The number of carbonyl (C=O) groups is 2. The summed E-state index contributed by atoms with van der Waals surface area (Å²) in [6.45, 7) is 6.51. The van der Waals surface area contributed by atoms with Crippen molar-refractivity contribution >= 4 is 18.2 Å². The summed E-state index contributed by atoms with van der Waals surface area (Å²) in [5, 5.41) is 7.69. The Balaban J connectivity index is 1.75. The van der Waals surface area contributed by atoms with Gasteiger partial charge in [-0.3, -0.25) is 4.79 Å². The van der Waals surface area contributed by atoms with Gasteiger partial charge in [0.2, 0.25) is 0 Å². The van der Waals surface area contributed by atoms with Gasteiger partial charge in [0.25, 0.3) is 5.91 Å². The SMILES string of the molecule is COc1ccc([C@@]2(C)NC(=O)N(/N=C\c3ccc(OCCC(C)C)c(OC)c3)C2=O)cc1. The summed E-state index contributed by atoms with van der Waals surface area (Å²) in [5.74, 6) is 1.92. The number of nitrogens with one attached hydrogen (secondary N) is 1. The molecule has 1 aliphatic heterocycles. The molecule has 8 heteroatoms. The Hall–Kier alpha value is -3.55. The Morgan fingerprint density at radius 2 is 1.78 bits per heavy atom. The van der Waals surface area contributed by atoms with E-state index in [0.717, 1.165) is 11.4 Å². The topological polar surface area (TPSA) is 89.5 Å². The van der Waals surface area contributed by atoms with Gasteiger partial charge in [0.15, 0.2) is 11.5 Å². The van der Waals surface area contributed by atoms with E-state index in [4.69, 9.17) is 14.2 Å². The van der Waals surface area contributed by atoms with E-state index in [1.54, 1.807) is 63.6 Å². The number of amides is 3. The molecule has 2 aromatic rings. The minimum Gasteiger partial charge on any atom is -0.497 e. The lowest BCUT2D eigenvalue weighted by Gasteiger charge is -2.21. The van der Waals surface area contributed by atoms with E-state index in [1.807, 2.05) is 0 Å². The molecule has 0 unspecified atom stereocenters. The van der Waals surface area contributed by atoms with Gasteiger partial charge in [-0.25, -0.2) is 4.79 Å². The van der Waals surface area contributed by atoms with Gasteiger partial charge < -0.3 is 19.5 Å². The maximum absolute atomic E-state index is 13.0. The monoisotopic (exact) mass is 439 g/mol. The first-order valence-electron chi connectivity index (χ1n) is 10.4. The second kappa shape index (κ2) is 9.72. The molecule has 0 saturated carbocycles. The molecule has 0 bridgehead atoms. The number of hydrogen-bond acceptors (Lipinski definition) is 6. The van der Waals surface area contributed by atoms with Crippen LogP contribution in [0.4, 0.5) is 4.79 Å². The Labute approximate surface area is 188 Å². The van der Waals surface area contributed by atoms with Crippen molar-refractivity contribution < 1.29 is 23.8 Å². The molecule has 0 radical (unpaired) electrons. The third kappa shape index (κ3) is 4.85. The smallest absolute Gasteiger partial charge is 0.346 e. The third-order valence-electron chi connectivity index (χ3n) is 5.30. The fourth-order valence-corrected chi connectivity index (χ4v) is 3.26. The van der Waals surface area contributed by atoms with Crippen LogP contribution < -0.4 is 19.5 Å². The van der Waals surface area contributed by atoms with Crippen molar-refractivity contribution in [1.82, 2.24) is 10.3 Å². The zero-order valence-corrected chi connectivity index (χ0v) is 19.0. The Morgan fingerprint density at radius 1 is 1.06 bits per heavy atom. The largest absolute Gasteiger partial charge is 0.497 e. The quantitative estimate of drug-likeness (QED) is 0.472. The number of hydrogen-bond donors (Lipinski definition) is 1. The van der Waals surface area contributed by atoms with Crippen molar-refractivity contribution in [3.63, 3.8) is 0 Å². The number of urea groups is 1. The van der Waals surface area contributed by atoms with Gasteiger partial charge in [0.05, 0.1) is 27.0 Å². The number of benzene rings is 2.